The Hall–Kier alpha value is -0.540. The number of rotatable bonds is 4. The van der Waals surface area contributed by atoms with Crippen LogP contribution >= 0.6 is 15.9 Å². The first kappa shape index (κ1) is 15.4. The van der Waals surface area contributed by atoms with Crippen molar-refractivity contribution in [2.24, 2.45) is 0 Å². The van der Waals surface area contributed by atoms with Crippen molar-refractivity contribution in [3.8, 4) is 0 Å². The van der Waals surface area contributed by atoms with Crippen LogP contribution in [-0.2, 0) is 0 Å². The zero-order chi connectivity index (χ0) is 15.0. The first-order valence-corrected chi connectivity index (χ1v) is 9.18. The molecule has 2 bridgehead atoms. The van der Waals surface area contributed by atoms with E-state index in [1.165, 1.54) is 59.9 Å². The summed E-state index contributed by atoms with van der Waals surface area (Å²) in [5.41, 5.74) is 4.33. The molecule has 2 heterocycles. The van der Waals surface area contributed by atoms with E-state index in [-0.39, 0.29) is 0 Å². The van der Waals surface area contributed by atoms with E-state index in [2.05, 4.69) is 59.1 Å². The lowest BCUT2D eigenvalue weighted by molar-refractivity contribution is 0.356. The zero-order valence-corrected chi connectivity index (χ0v) is 15.0. The molecule has 2 unspecified atom stereocenters. The van der Waals surface area contributed by atoms with Crippen molar-refractivity contribution in [3.05, 3.63) is 27.7 Å². The van der Waals surface area contributed by atoms with Gasteiger partial charge in [0.2, 0.25) is 0 Å². The third-order valence-electron chi connectivity index (χ3n) is 5.13. The van der Waals surface area contributed by atoms with Crippen LogP contribution in [0.5, 0.6) is 0 Å². The minimum atomic E-state index is 0.731. The number of hydrogen-bond donors (Lipinski definition) is 1. The lowest BCUT2D eigenvalue weighted by Gasteiger charge is -2.42. The lowest BCUT2D eigenvalue weighted by Crippen LogP contribution is -2.49. The summed E-state index contributed by atoms with van der Waals surface area (Å²) in [4.78, 5) is 2.75. The van der Waals surface area contributed by atoms with Gasteiger partial charge >= 0.3 is 0 Å². The standard InChI is InChI=1S/C18H27BrN2/c1-4-7-20-15-10-16-5-6-17(11-15)21(16)18-12(2)8-14(19)9-13(18)3/h8-9,15-17,20H,4-7,10-11H2,1-3H3. The molecule has 2 atom stereocenters. The molecule has 116 valence electrons. The highest BCUT2D eigenvalue weighted by Gasteiger charge is 2.41. The average Bonchev–Trinajstić information content (AvgIpc) is 2.68. The second kappa shape index (κ2) is 6.29. The Morgan fingerprint density at radius 2 is 1.71 bits per heavy atom. The van der Waals surface area contributed by atoms with Gasteiger partial charge < -0.3 is 10.2 Å². The topological polar surface area (TPSA) is 15.3 Å². The number of aryl methyl sites for hydroxylation is 2. The molecule has 3 heteroatoms. The first-order valence-electron chi connectivity index (χ1n) is 8.38. The van der Waals surface area contributed by atoms with Crippen LogP contribution in [0.25, 0.3) is 0 Å². The van der Waals surface area contributed by atoms with Crippen molar-refractivity contribution in [2.75, 3.05) is 11.4 Å². The maximum atomic E-state index is 3.75. The Morgan fingerprint density at radius 1 is 1.14 bits per heavy atom. The van der Waals surface area contributed by atoms with Crippen LogP contribution in [0.2, 0.25) is 0 Å². The number of benzene rings is 1. The molecule has 2 fully saturated rings. The number of fused-ring (bicyclic) bond motifs is 2. The van der Waals surface area contributed by atoms with Gasteiger partial charge in [-0.05, 0) is 75.8 Å². The number of hydrogen-bond acceptors (Lipinski definition) is 2. The normalized spacial score (nSPS) is 28.2. The summed E-state index contributed by atoms with van der Waals surface area (Å²) in [7, 11) is 0. The highest BCUT2D eigenvalue weighted by Crippen LogP contribution is 2.42. The third kappa shape index (κ3) is 3.00. The van der Waals surface area contributed by atoms with Gasteiger partial charge in [0.15, 0.2) is 0 Å². The molecule has 2 aliphatic heterocycles. The van der Waals surface area contributed by atoms with Crippen molar-refractivity contribution in [2.45, 2.75) is 71.0 Å². The number of nitrogens with zero attached hydrogens (tertiary/aromatic N) is 1. The average molecular weight is 351 g/mol. The SMILES string of the molecule is CCCNC1CC2CCC(C1)N2c1c(C)cc(Br)cc1C. The molecular formula is C18H27BrN2. The van der Waals surface area contributed by atoms with Gasteiger partial charge in [0, 0.05) is 28.3 Å². The van der Waals surface area contributed by atoms with Gasteiger partial charge in [-0.25, -0.2) is 0 Å². The van der Waals surface area contributed by atoms with E-state index < -0.39 is 0 Å². The van der Waals surface area contributed by atoms with Crippen LogP contribution < -0.4 is 10.2 Å². The smallest absolute Gasteiger partial charge is 0.0431 e. The molecule has 2 nitrogen and oxygen atoms in total. The number of nitrogens with one attached hydrogen (secondary N) is 1. The van der Waals surface area contributed by atoms with E-state index in [0.717, 1.165) is 18.1 Å². The lowest BCUT2D eigenvalue weighted by atomic mass is 9.94. The van der Waals surface area contributed by atoms with Crippen LogP contribution in [0.4, 0.5) is 5.69 Å². The van der Waals surface area contributed by atoms with Crippen LogP contribution in [0.3, 0.4) is 0 Å². The zero-order valence-electron chi connectivity index (χ0n) is 13.5. The minimum absolute atomic E-state index is 0.731. The predicted molar refractivity (Wildman–Crippen MR) is 94.2 cm³/mol. The predicted octanol–water partition coefficient (Wildman–Crippen LogP) is 4.57. The van der Waals surface area contributed by atoms with Crippen LogP contribution in [0.15, 0.2) is 16.6 Å². The molecular weight excluding hydrogens is 324 g/mol. The van der Waals surface area contributed by atoms with Gasteiger partial charge in [-0.2, -0.15) is 0 Å². The maximum Gasteiger partial charge on any atom is 0.0431 e. The largest absolute Gasteiger partial charge is 0.365 e. The maximum absolute atomic E-state index is 3.75. The van der Waals surface area contributed by atoms with Crippen molar-refractivity contribution < 1.29 is 0 Å². The summed E-state index contributed by atoms with van der Waals surface area (Å²) in [6.45, 7) is 7.94. The molecule has 21 heavy (non-hydrogen) atoms. The van der Waals surface area contributed by atoms with Gasteiger partial charge in [-0.3, -0.25) is 0 Å². The van der Waals surface area contributed by atoms with Crippen LogP contribution in [0.1, 0.15) is 50.2 Å². The van der Waals surface area contributed by atoms with E-state index >= 15 is 0 Å². The first-order chi connectivity index (χ1) is 10.1. The molecule has 1 N–H and O–H groups in total. The van der Waals surface area contributed by atoms with Gasteiger partial charge in [0.25, 0.3) is 0 Å². The van der Waals surface area contributed by atoms with Crippen molar-refractivity contribution in [1.82, 2.24) is 5.32 Å². The molecule has 0 radical (unpaired) electrons. The molecule has 1 aromatic rings. The summed E-state index contributed by atoms with van der Waals surface area (Å²) < 4.78 is 1.20. The van der Waals surface area contributed by atoms with E-state index in [4.69, 9.17) is 0 Å². The quantitative estimate of drug-likeness (QED) is 0.855. The fourth-order valence-electron chi connectivity index (χ4n) is 4.37. The minimum Gasteiger partial charge on any atom is -0.365 e. The van der Waals surface area contributed by atoms with Crippen molar-refractivity contribution in [3.63, 3.8) is 0 Å². The molecule has 0 saturated carbocycles. The molecule has 2 aliphatic rings. The third-order valence-corrected chi connectivity index (χ3v) is 5.59. The van der Waals surface area contributed by atoms with Gasteiger partial charge in [-0.15, -0.1) is 0 Å². The Morgan fingerprint density at radius 3 is 2.24 bits per heavy atom. The molecule has 0 aromatic heterocycles. The molecule has 2 saturated heterocycles. The van der Waals surface area contributed by atoms with Crippen molar-refractivity contribution >= 4 is 21.6 Å². The fraction of sp³-hybridized carbons (Fsp3) is 0.667. The molecule has 0 amide bonds. The Bertz CT molecular complexity index is 477. The van der Waals surface area contributed by atoms with Gasteiger partial charge in [-0.1, -0.05) is 22.9 Å². The summed E-state index contributed by atoms with van der Waals surface area (Å²) >= 11 is 3.63. The Balaban J connectivity index is 1.82. The molecule has 0 spiro atoms. The fourth-order valence-corrected chi connectivity index (χ4v) is 5.05. The highest BCUT2D eigenvalue weighted by atomic mass is 79.9. The van der Waals surface area contributed by atoms with E-state index in [9.17, 15) is 0 Å². The molecule has 3 rings (SSSR count). The number of halogens is 1. The second-order valence-corrected chi connectivity index (χ2v) is 7.72. The van der Waals surface area contributed by atoms with Gasteiger partial charge in [0.1, 0.15) is 0 Å². The summed E-state index contributed by atoms with van der Waals surface area (Å²) in [5, 5.41) is 3.75. The Labute approximate surface area is 137 Å². The number of anilines is 1. The molecule has 0 aliphatic carbocycles. The number of piperidine rings is 1. The van der Waals surface area contributed by atoms with E-state index in [0.29, 0.717) is 0 Å². The highest BCUT2D eigenvalue weighted by molar-refractivity contribution is 9.10. The second-order valence-electron chi connectivity index (χ2n) is 6.80. The molecule has 1 aromatic carbocycles. The Kier molecular flexibility index (Phi) is 4.60. The summed E-state index contributed by atoms with van der Waals surface area (Å²) in [6.07, 6.45) is 6.59. The monoisotopic (exact) mass is 350 g/mol. The van der Waals surface area contributed by atoms with Crippen LogP contribution in [-0.4, -0.2) is 24.7 Å². The van der Waals surface area contributed by atoms with E-state index in [1.807, 2.05) is 0 Å². The summed E-state index contributed by atoms with van der Waals surface area (Å²) in [5.74, 6) is 0. The van der Waals surface area contributed by atoms with Gasteiger partial charge in [0.05, 0.1) is 0 Å². The van der Waals surface area contributed by atoms with Crippen LogP contribution in [0, 0.1) is 13.8 Å². The van der Waals surface area contributed by atoms with Crippen molar-refractivity contribution in [1.29, 1.82) is 0 Å². The summed E-state index contributed by atoms with van der Waals surface area (Å²) in [6, 6.07) is 6.73. The van der Waals surface area contributed by atoms with E-state index in [1.54, 1.807) is 0 Å².